The average molecular weight is 675 g/mol. The first-order chi connectivity index (χ1) is 25.5. The summed E-state index contributed by atoms with van der Waals surface area (Å²) < 4.78 is 0. The molecule has 0 unspecified atom stereocenters. The number of hydrogen-bond acceptors (Lipinski definition) is 0. The third-order valence-electron chi connectivity index (χ3n) is 14.5. The quantitative estimate of drug-likeness (QED) is 0.134. The zero-order valence-electron chi connectivity index (χ0n) is 31.9. The number of fused-ring (bicyclic) bond motifs is 9. The second kappa shape index (κ2) is 12.2. The molecule has 1 heteroatoms. The van der Waals surface area contributed by atoms with E-state index in [1.807, 2.05) is 0 Å². The second-order valence-electron chi connectivity index (χ2n) is 15.7. The van der Waals surface area contributed by atoms with E-state index >= 15 is 0 Å². The van der Waals surface area contributed by atoms with Crippen molar-refractivity contribution in [2.75, 3.05) is 0 Å². The van der Waals surface area contributed by atoms with Crippen molar-refractivity contribution < 1.29 is 0 Å². The van der Waals surface area contributed by atoms with Gasteiger partial charge >= 0.3 is 0 Å². The van der Waals surface area contributed by atoms with Crippen LogP contribution in [0.15, 0.2) is 127 Å². The van der Waals surface area contributed by atoms with Gasteiger partial charge in [-0.25, -0.2) is 0 Å². The van der Waals surface area contributed by atoms with Crippen LogP contribution in [0.1, 0.15) is 113 Å². The molecule has 258 valence electrons. The minimum absolute atomic E-state index is 0.0399. The molecule has 0 radical (unpaired) electrons. The van der Waals surface area contributed by atoms with Crippen molar-refractivity contribution in [1.29, 1.82) is 0 Å². The molecule has 0 bridgehead atoms. The zero-order chi connectivity index (χ0) is 35.8. The molecule has 0 saturated heterocycles. The van der Waals surface area contributed by atoms with Crippen LogP contribution in [0, 0.1) is 0 Å². The zero-order valence-corrected chi connectivity index (χ0v) is 31.9. The van der Waals surface area contributed by atoms with Crippen LogP contribution in [0.4, 0.5) is 0 Å². The van der Waals surface area contributed by atoms with Gasteiger partial charge in [-0.15, -0.1) is 0 Å². The molecular weight excluding hydrogens is 623 g/mol. The number of hydrogen-bond donors (Lipinski definition) is 0. The van der Waals surface area contributed by atoms with Gasteiger partial charge in [-0.3, -0.25) is 0 Å². The fourth-order valence-electron chi connectivity index (χ4n) is 12.0. The summed E-state index contributed by atoms with van der Waals surface area (Å²) in [6.07, 6.45) is 6.47. The molecule has 0 atom stereocenters. The maximum atomic E-state index is 2.53. The van der Waals surface area contributed by atoms with Crippen LogP contribution < -0.4 is 16.4 Å². The van der Waals surface area contributed by atoms with Crippen molar-refractivity contribution in [1.82, 2.24) is 0 Å². The van der Waals surface area contributed by atoms with Crippen molar-refractivity contribution in [3.05, 3.63) is 161 Å². The molecule has 6 aromatic rings. The largest absolute Gasteiger partial charge is 0.242 e. The van der Waals surface area contributed by atoms with Crippen molar-refractivity contribution in [3.63, 3.8) is 0 Å². The molecule has 52 heavy (non-hydrogen) atoms. The monoisotopic (exact) mass is 674 g/mol. The standard InChI is InChI=1S/C51H51B/c1-7-49(8-2)40-28-16-13-22-34(40)37-25-19-31-43(46(37)49)52(44-32-20-26-38-35-23-14-17-29-41(35)50(9-3,10-4)47(38)44)45-33-21-27-39-36-24-15-18-30-42(36)51(11-5,12-6)48(39)45/h13-33H,7-12H2,1-6H3. The summed E-state index contributed by atoms with van der Waals surface area (Å²) in [5, 5.41) is 0. The van der Waals surface area contributed by atoms with Crippen LogP contribution in [0.25, 0.3) is 33.4 Å². The number of benzene rings is 6. The van der Waals surface area contributed by atoms with E-state index in [1.165, 1.54) is 66.5 Å². The Hall–Kier alpha value is -4.62. The van der Waals surface area contributed by atoms with E-state index < -0.39 is 0 Å². The number of rotatable bonds is 9. The predicted molar refractivity (Wildman–Crippen MR) is 224 cm³/mol. The SMILES string of the molecule is CCC1(CC)c2ccccc2-c2cccc(B(c3cccc4c3C(CC)(CC)c3ccccc3-4)c3cccc4c3C(CC)(CC)c3ccccc3-4)c21. The van der Waals surface area contributed by atoms with Crippen molar-refractivity contribution in [2.24, 2.45) is 0 Å². The third-order valence-corrected chi connectivity index (χ3v) is 14.5. The van der Waals surface area contributed by atoms with E-state index in [0.29, 0.717) is 0 Å². The molecule has 0 heterocycles. The minimum Gasteiger partial charge on any atom is -0.0666 e. The maximum Gasteiger partial charge on any atom is 0.242 e. The fourth-order valence-corrected chi connectivity index (χ4v) is 12.0. The van der Waals surface area contributed by atoms with Crippen molar-refractivity contribution in [3.8, 4) is 33.4 Å². The van der Waals surface area contributed by atoms with E-state index in [9.17, 15) is 0 Å². The Labute approximate surface area is 312 Å². The van der Waals surface area contributed by atoms with E-state index in [-0.39, 0.29) is 23.0 Å². The van der Waals surface area contributed by atoms with Crippen molar-refractivity contribution >= 4 is 23.1 Å². The molecule has 0 aliphatic heterocycles. The van der Waals surface area contributed by atoms with Crippen LogP contribution in [-0.2, 0) is 16.2 Å². The van der Waals surface area contributed by atoms with Gasteiger partial charge in [0.05, 0.1) is 0 Å². The van der Waals surface area contributed by atoms with Gasteiger partial charge in [0.1, 0.15) is 0 Å². The highest BCUT2D eigenvalue weighted by molar-refractivity contribution is 6.96. The molecule has 0 nitrogen and oxygen atoms in total. The Balaban J connectivity index is 1.44. The summed E-state index contributed by atoms with van der Waals surface area (Å²) in [5.41, 5.74) is 22.1. The highest BCUT2D eigenvalue weighted by Gasteiger charge is 2.50. The van der Waals surface area contributed by atoms with Crippen LogP contribution in [0.2, 0.25) is 0 Å². The fraction of sp³-hybridized carbons (Fsp3) is 0.294. The third kappa shape index (κ3) is 4.06. The highest BCUT2D eigenvalue weighted by atomic mass is 14.5. The predicted octanol–water partition coefficient (Wildman–Crippen LogP) is 11.5. The molecule has 9 rings (SSSR count). The summed E-state index contributed by atoms with van der Waals surface area (Å²) >= 11 is 0. The summed E-state index contributed by atoms with van der Waals surface area (Å²) in [5.74, 6) is 0. The lowest BCUT2D eigenvalue weighted by Gasteiger charge is -2.38. The summed E-state index contributed by atoms with van der Waals surface area (Å²) in [7, 11) is 0. The Kier molecular flexibility index (Phi) is 7.82. The summed E-state index contributed by atoms with van der Waals surface area (Å²) in [6, 6.07) is 49.9. The van der Waals surface area contributed by atoms with Crippen LogP contribution in [0.5, 0.6) is 0 Å². The van der Waals surface area contributed by atoms with Gasteiger partial charge in [-0.05, 0) is 105 Å². The lowest BCUT2D eigenvalue weighted by atomic mass is 9.32. The lowest BCUT2D eigenvalue weighted by Crippen LogP contribution is -2.58. The Morgan fingerprint density at radius 3 is 0.827 bits per heavy atom. The molecule has 3 aliphatic carbocycles. The molecule has 0 fully saturated rings. The van der Waals surface area contributed by atoms with E-state index in [0.717, 1.165) is 38.5 Å². The first-order valence-corrected chi connectivity index (χ1v) is 20.2. The lowest BCUT2D eigenvalue weighted by molar-refractivity contribution is 0.491. The van der Waals surface area contributed by atoms with Crippen LogP contribution in [0.3, 0.4) is 0 Å². The molecule has 0 saturated carbocycles. The van der Waals surface area contributed by atoms with Gasteiger partial charge in [0.15, 0.2) is 0 Å². The van der Waals surface area contributed by atoms with Crippen LogP contribution >= 0.6 is 0 Å². The molecule has 0 amide bonds. The van der Waals surface area contributed by atoms with Gasteiger partial charge < -0.3 is 0 Å². The van der Waals surface area contributed by atoms with Gasteiger partial charge in [-0.2, -0.15) is 0 Å². The van der Waals surface area contributed by atoms with Gasteiger partial charge in [0.2, 0.25) is 6.71 Å². The van der Waals surface area contributed by atoms with E-state index in [4.69, 9.17) is 0 Å². The smallest absolute Gasteiger partial charge is 0.0666 e. The van der Waals surface area contributed by atoms with E-state index in [2.05, 4.69) is 169 Å². The van der Waals surface area contributed by atoms with Gasteiger partial charge in [0, 0.05) is 16.2 Å². The topological polar surface area (TPSA) is 0 Å². The second-order valence-corrected chi connectivity index (χ2v) is 15.7. The van der Waals surface area contributed by atoms with Gasteiger partial charge in [0.25, 0.3) is 0 Å². The molecule has 0 aromatic heterocycles. The normalized spacial score (nSPS) is 16.0. The Bertz CT molecular complexity index is 2080. The van der Waals surface area contributed by atoms with Crippen molar-refractivity contribution in [2.45, 2.75) is 96.3 Å². The molecule has 3 aliphatic rings. The van der Waals surface area contributed by atoms with Gasteiger partial charge in [-0.1, -0.05) is 185 Å². The Morgan fingerprint density at radius 2 is 0.558 bits per heavy atom. The molecular formula is C51H51B. The summed E-state index contributed by atoms with van der Waals surface area (Å²) in [6.45, 7) is 14.6. The maximum absolute atomic E-state index is 2.53. The molecule has 6 aromatic carbocycles. The summed E-state index contributed by atoms with van der Waals surface area (Å²) in [4.78, 5) is 0. The average Bonchev–Trinajstić information content (AvgIpc) is 3.79. The first kappa shape index (κ1) is 33.2. The van der Waals surface area contributed by atoms with E-state index in [1.54, 1.807) is 16.7 Å². The molecule has 0 N–H and O–H groups in total. The molecule has 0 spiro atoms. The first-order valence-electron chi connectivity index (χ1n) is 20.2. The highest BCUT2D eigenvalue weighted by Crippen LogP contribution is 2.55. The minimum atomic E-state index is -0.0399. The van der Waals surface area contributed by atoms with Crippen LogP contribution in [-0.4, -0.2) is 6.71 Å². The Morgan fingerprint density at radius 1 is 0.308 bits per heavy atom.